The maximum atomic E-state index is 6.68. The molecule has 0 aromatic heterocycles. The summed E-state index contributed by atoms with van der Waals surface area (Å²) in [7, 11) is -10.3. The molecule has 28 heavy (non-hydrogen) atoms. The molecule has 0 aliphatic carbocycles. The third-order valence-corrected chi connectivity index (χ3v) is 21.8. The van der Waals surface area contributed by atoms with E-state index in [9.17, 15) is 0 Å². The van der Waals surface area contributed by atoms with Gasteiger partial charge >= 0.3 is 25.7 Å². The maximum absolute atomic E-state index is 6.68. The molecule has 4 nitrogen and oxygen atoms in total. The van der Waals surface area contributed by atoms with Crippen LogP contribution in [-0.2, 0) is 22.9 Å². The largest absolute Gasteiger partial charge is 0.437 e. The molecular weight excluding hydrogens is 433 g/mol. The molecule has 1 aromatic rings. The first-order chi connectivity index (χ1) is 12.4. The smallest absolute Gasteiger partial charge is 0.314 e. The van der Waals surface area contributed by atoms with Crippen molar-refractivity contribution < 1.29 is 16.5 Å². The monoisotopic (exact) mass is 473 g/mol. The third kappa shape index (κ3) is 11.4. The van der Waals surface area contributed by atoms with Crippen LogP contribution in [0, 0.1) is 6.07 Å². The van der Waals surface area contributed by atoms with Gasteiger partial charge in [0.1, 0.15) is 0 Å². The minimum atomic E-state index is -2.35. The van der Waals surface area contributed by atoms with Crippen LogP contribution in [0.3, 0.4) is 0 Å². The number of aryl methyl sites for hydroxylation is 1. The lowest BCUT2D eigenvalue weighted by Crippen LogP contribution is -2.58. The standard InChI is InChI=1S/C19H41O4Si5/c1-24(2,3)20-26(6,7)22-28(10,11)23-27(8,9)21-25(4,5)18-17-19-15-13-12-14-16-19/h13-16H,17-18H2,1-11H3. The Morgan fingerprint density at radius 2 is 1.07 bits per heavy atom. The molecule has 1 aromatic carbocycles. The Hall–Kier alpha value is 0.144. The first-order valence-electron chi connectivity index (χ1n) is 10.2. The molecule has 0 bridgehead atoms. The van der Waals surface area contributed by atoms with Gasteiger partial charge in [-0.15, -0.1) is 0 Å². The predicted molar refractivity (Wildman–Crippen MR) is 131 cm³/mol. The maximum Gasteiger partial charge on any atom is 0.314 e. The van der Waals surface area contributed by atoms with E-state index in [0.717, 1.165) is 12.5 Å². The van der Waals surface area contributed by atoms with Crippen molar-refractivity contribution in [2.75, 3.05) is 0 Å². The van der Waals surface area contributed by atoms with Crippen molar-refractivity contribution in [1.29, 1.82) is 0 Å². The highest BCUT2D eigenvalue weighted by molar-refractivity contribution is 6.90. The first kappa shape index (κ1) is 26.2. The summed E-state index contributed by atoms with van der Waals surface area (Å²) >= 11 is 0. The number of benzene rings is 1. The van der Waals surface area contributed by atoms with Gasteiger partial charge in [0, 0.05) is 0 Å². The Kier molecular flexibility index (Phi) is 8.90. The zero-order valence-electron chi connectivity index (χ0n) is 19.9. The molecule has 0 spiro atoms. The SMILES string of the molecule is C[Si](C)(C)O[Si](C)(C)O[Si](C)(C)O[Si](C)(C)O[Si](C)(C)CCc1cc[c]cc1. The van der Waals surface area contributed by atoms with E-state index in [4.69, 9.17) is 16.5 Å². The Morgan fingerprint density at radius 3 is 1.54 bits per heavy atom. The van der Waals surface area contributed by atoms with Gasteiger partial charge < -0.3 is 16.5 Å². The van der Waals surface area contributed by atoms with Crippen molar-refractivity contribution in [2.24, 2.45) is 0 Å². The molecule has 0 unspecified atom stereocenters. The predicted octanol–water partition coefficient (Wildman–Crippen LogP) is 6.24. The minimum Gasteiger partial charge on any atom is -0.437 e. The molecule has 1 radical (unpaired) electrons. The van der Waals surface area contributed by atoms with Crippen LogP contribution in [-0.4, -0.2) is 42.3 Å². The van der Waals surface area contributed by atoms with Gasteiger partial charge in [0.25, 0.3) is 0 Å². The van der Waals surface area contributed by atoms with Crippen LogP contribution in [0.25, 0.3) is 0 Å². The molecule has 0 fully saturated rings. The van der Waals surface area contributed by atoms with E-state index in [-0.39, 0.29) is 0 Å². The van der Waals surface area contributed by atoms with E-state index in [2.05, 4.69) is 90.2 Å². The van der Waals surface area contributed by atoms with Crippen LogP contribution in [0.5, 0.6) is 0 Å². The number of rotatable bonds is 11. The summed E-state index contributed by atoms with van der Waals surface area (Å²) in [6, 6.07) is 12.4. The molecule has 0 atom stereocenters. The van der Waals surface area contributed by atoms with E-state index >= 15 is 0 Å². The van der Waals surface area contributed by atoms with Crippen LogP contribution < -0.4 is 0 Å². The van der Waals surface area contributed by atoms with Crippen molar-refractivity contribution in [3.63, 3.8) is 0 Å². The third-order valence-electron chi connectivity index (χ3n) is 3.86. The van der Waals surface area contributed by atoms with Crippen molar-refractivity contribution in [2.45, 2.75) is 84.5 Å². The van der Waals surface area contributed by atoms with Gasteiger partial charge in [-0.2, -0.15) is 0 Å². The van der Waals surface area contributed by atoms with Crippen LogP contribution in [0.1, 0.15) is 5.56 Å². The summed E-state index contributed by atoms with van der Waals surface area (Å²) in [6.07, 6.45) is 1.04. The fourth-order valence-electron chi connectivity index (χ4n) is 3.73. The summed E-state index contributed by atoms with van der Waals surface area (Å²) in [5, 5.41) is 0. The van der Waals surface area contributed by atoms with Crippen molar-refractivity contribution >= 4 is 42.3 Å². The molecule has 0 aliphatic rings. The molecule has 0 saturated heterocycles. The van der Waals surface area contributed by atoms with Crippen molar-refractivity contribution in [3.05, 3.63) is 35.9 Å². The van der Waals surface area contributed by atoms with Gasteiger partial charge in [-0.05, 0) is 96.1 Å². The van der Waals surface area contributed by atoms with Crippen molar-refractivity contribution in [1.82, 2.24) is 0 Å². The quantitative estimate of drug-likeness (QED) is 0.356. The van der Waals surface area contributed by atoms with Gasteiger partial charge in [-0.25, -0.2) is 0 Å². The fourth-order valence-corrected chi connectivity index (χ4v) is 27.4. The van der Waals surface area contributed by atoms with E-state index in [1.807, 2.05) is 12.1 Å². The van der Waals surface area contributed by atoms with Crippen LogP contribution in [0.15, 0.2) is 24.3 Å². The molecule has 9 heteroatoms. The van der Waals surface area contributed by atoms with Crippen LogP contribution >= 0.6 is 0 Å². The van der Waals surface area contributed by atoms with E-state index in [1.165, 1.54) is 5.56 Å². The van der Waals surface area contributed by atoms with Gasteiger partial charge in [0.05, 0.1) is 0 Å². The summed E-state index contributed by atoms with van der Waals surface area (Å²) < 4.78 is 26.2. The molecule has 0 heterocycles. The van der Waals surface area contributed by atoms with Crippen LogP contribution in [0.4, 0.5) is 0 Å². The van der Waals surface area contributed by atoms with Gasteiger partial charge in [-0.3, -0.25) is 0 Å². The number of hydrogen-bond donors (Lipinski definition) is 0. The molecule has 0 aliphatic heterocycles. The average molecular weight is 474 g/mol. The normalized spacial score (nSPS) is 14.4. The Labute approximate surface area is 179 Å². The van der Waals surface area contributed by atoms with Crippen LogP contribution in [0.2, 0.25) is 78.1 Å². The average Bonchev–Trinajstić information content (AvgIpc) is 2.39. The van der Waals surface area contributed by atoms with E-state index in [0.29, 0.717) is 0 Å². The second-order valence-corrected chi connectivity index (χ2v) is 30.3. The second kappa shape index (κ2) is 9.52. The Balaban J connectivity index is 2.69. The molecular formula is C19H41O4Si5. The zero-order valence-corrected chi connectivity index (χ0v) is 24.9. The lowest BCUT2D eigenvalue weighted by Gasteiger charge is -2.42. The molecule has 1 rings (SSSR count). The Morgan fingerprint density at radius 1 is 0.643 bits per heavy atom. The summed E-state index contributed by atoms with van der Waals surface area (Å²) in [4.78, 5) is 0. The van der Waals surface area contributed by atoms with Crippen molar-refractivity contribution in [3.8, 4) is 0 Å². The highest BCUT2D eigenvalue weighted by Crippen LogP contribution is 2.27. The lowest BCUT2D eigenvalue weighted by atomic mass is 10.2. The molecule has 161 valence electrons. The topological polar surface area (TPSA) is 36.9 Å². The summed E-state index contributed by atoms with van der Waals surface area (Å²) in [6.45, 7) is 24.1. The molecule has 0 N–H and O–H groups in total. The Bertz CT molecular complexity index is 613. The summed E-state index contributed by atoms with van der Waals surface area (Å²) in [5.74, 6) is 0. The van der Waals surface area contributed by atoms with E-state index < -0.39 is 42.3 Å². The first-order valence-corrected chi connectivity index (χ1v) is 25.1. The lowest BCUT2D eigenvalue weighted by molar-refractivity contribution is 0.299. The zero-order chi connectivity index (χ0) is 21.9. The van der Waals surface area contributed by atoms with E-state index in [1.54, 1.807) is 0 Å². The van der Waals surface area contributed by atoms with Gasteiger partial charge in [0.2, 0.25) is 0 Å². The fraction of sp³-hybridized carbons (Fsp3) is 0.684. The highest BCUT2D eigenvalue weighted by Gasteiger charge is 2.45. The van der Waals surface area contributed by atoms with Gasteiger partial charge in [-0.1, -0.05) is 24.3 Å². The number of hydrogen-bond acceptors (Lipinski definition) is 4. The van der Waals surface area contributed by atoms with Gasteiger partial charge in [0.15, 0.2) is 16.6 Å². The highest BCUT2D eigenvalue weighted by atomic mass is 28.5. The summed E-state index contributed by atoms with van der Waals surface area (Å²) in [5.41, 5.74) is 1.34. The molecule has 0 amide bonds. The minimum absolute atomic E-state index is 1.04. The molecule has 0 saturated carbocycles. The second-order valence-electron chi connectivity index (χ2n) is 10.4.